The van der Waals surface area contributed by atoms with E-state index >= 15 is 0 Å². The van der Waals surface area contributed by atoms with Gasteiger partial charge in [-0.2, -0.15) is 0 Å². The van der Waals surface area contributed by atoms with Crippen molar-refractivity contribution in [1.82, 2.24) is 14.9 Å². The Morgan fingerprint density at radius 1 is 1.25 bits per heavy atom. The fourth-order valence-electron chi connectivity index (χ4n) is 1.90. The maximum atomic E-state index is 11.1. The minimum atomic E-state index is -0.618. The second-order valence-electron chi connectivity index (χ2n) is 6.02. The van der Waals surface area contributed by atoms with Gasteiger partial charge in [-0.15, -0.1) is 0 Å². The predicted octanol–water partition coefficient (Wildman–Crippen LogP) is 1.81. The number of amides is 2. The highest BCUT2D eigenvalue weighted by Crippen LogP contribution is 2.31. The molecule has 2 amide bonds. The molecule has 1 heterocycles. The lowest BCUT2D eigenvalue weighted by Crippen LogP contribution is -2.30. The van der Waals surface area contributed by atoms with Crippen molar-refractivity contribution in [3.63, 3.8) is 0 Å². The first-order valence-corrected chi connectivity index (χ1v) is 6.70. The van der Waals surface area contributed by atoms with E-state index in [-0.39, 0.29) is 5.41 Å². The summed E-state index contributed by atoms with van der Waals surface area (Å²) in [5.41, 5.74) is 7.46. The third kappa shape index (κ3) is 4.16. The molecule has 112 valence electrons. The van der Waals surface area contributed by atoms with Gasteiger partial charge in [0.05, 0.1) is 17.1 Å². The largest absolute Gasteiger partial charge is 0.351 e. The third-order valence-electron chi connectivity index (χ3n) is 3.37. The summed E-state index contributed by atoms with van der Waals surface area (Å²) in [4.78, 5) is 22.3. The Morgan fingerprint density at radius 3 is 2.30 bits per heavy atom. The molecule has 0 fully saturated rings. The van der Waals surface area contributed by atoms with Gasteiger partial charge >= 0.3 is 6.03 Å². The number of urea groups is 1. The van der Waals surface area contributed by atoms with Gasteiger partial charge in [0.15, 0.2) is 5.82 Å². The van der Waals surface area contributed by atoms with Crippen molar-refractivity contribution in [3.8, 4) is 0 Å². The molecule has 0 spiro atoms. The molecule has 0 aliphatic carbocycles. The number of primary amides is 1. The van der Waals surface area contributed by atoms with Crippen molar-refractivity contribution in [1.29, 1.82) is 0 Å². The average molecular weight is 279 g/mol. The maximum absolute atomic E-state index is 11.1. The number of aryl methyl sites for hydroxylation is 2. The van der Waals surface area contributed by atoms with Crippen molar-refractivity contribution >= 4 is 11.8 Å². The van der Waals surface area contributed by atoms with E-state index in [0.29, 0.717) is 5.82 Å². The van der Waals surface area contributed by atoms with Gasteiger partial charge in [0.2, 0.25) is 0 Å². The highest BCUT2D eigenvalue weighted by molar-refractivity contribution is 5.87. The Kier molecular flexibility index (Phi) is 5.05. The van der Waals surface area contributed by atoms with Gasteiger partial charge in [-0.1, -0.05) is 13.8 Å². The predicted molar refractivity (Wildman–Crippen MR) is 80.9 cm³/mol. The van der Waals surface area contributed by atoms with Crippen LogP contribution in [0.15, 0.2) is 0 Å². The normalized spacial score (nSPS) is 11.8. The Labute approximate surface area is 120 Å². The van der Waals surface area contributed by atoms with E-state index in [1.54, 1.807) is 0 Å². The summed E-state index contributed by atoms with van der Waals surface area (Å²) >= 11 is 0. The highest BCUT2D eigenvalue weighted by Gasteiger charge is 2.27. The number of hydrogen-bond donors (Lipinski definition) is 2. The Bertz CT molecular complexity index is 497. The summed E-state index contributed by atoms with van der Waals surface area (Å²) in [5, 5.41) is 2.59. The van der Waals surface area contributed by atoms with Gasteiger partial charge in [0, 0.05) is 5.41 Å². The molecule has 6 heteroatoms. The topological polar surface area (TPSA) is 84.1 Å². The van der Waals surface area contributed by atoms with Gasteiger partial charge in [-0.3, -0.25) is 10.3 Å². The second kappa shape index (κ2) is 6.17. The maximum Gasteiger partial charge on any atom is 0.317 e. The molecule has 0 aromatic carbocycles. The molecule has 0 unspecified atom stereocenters. The minimum Gasteiger partial charge on any atom is -0.351 e. The zero-order chi connectivity index (χ0) is 15.5. The monoisotopic (exact) mass is 279 g/mol. The van der Waals surface area contributed by atoms with Crippen molar-refractivity contribution in [2.24, 2.45) is 5.73 Å². The van der Waals surface area contributed by atoms with Crippen LogP contribution in [0.2, 0.25) is 0 Å². The summed E-state index contributed by atoms with van der Waals surface area (Å²) in [6.07, 6.45) is 0.907. The molecule has 0 saturated carbocycles. The fourth-order valence-corrected chi connectivity index (χ4v) is 1.90. The van der Waals surface area contributed by atoms with Crippen molar-refractivity contribution in [2.75, 3.05) is 26.0 Å². The molecule has 20 heavy (non-hydrogen) atoms. The summed E-state index contributed by atoms with van der Waals surface area (Å²) in [6.45, 7) is 8.91. The Morgan fingerprint density at radius 2 is 1.80 bits per heavy atom. The van der Waals surface area contributed by atoms with Crippen LogP contribution in [-0.2, 0) is 5.41 Å². The SMILES string of the molecule is Cc1nc(NC(N)=O)c(C(C)(C)CCN(C)C)nc1C. The van der Waals surface area contributed by atoms with E-state index in [0.717, 1.165) is 30.0 Å². The van der Waals surface area contributed by atoms with Crippen LogP contribution in [0, 0.1) is 13.8 Å². The molecule has 0 radical (unpaired) electrons. The third-order valence-corrected chi connectivity index (χ3v) is 3.37. The lowest BCUT2D eigenvalue weighted by atomic mass is 9.84. The second-order valence-corrected chi connectivity index (χ2v) is 6.02. The van der Waals surface area contributed by atoms with E-state index in [9.17, 15) is 4.79 Å². The van der Waals surface area contributed by atoms with Crippen molar-refractivity contribution in [2.45, 2.75) is 39.5 Å². The van der Waals surface area contributed by atoms with E-state index in [1.165, 1.54) is 0 Å². The number of nitrogens with zero attached hydrogens (tertiary/aromatic N) is 3. The molecular weight excluding hydrogens is 254 g/mol. The van der Waals surface area contributed by atoms with E-state index < -0.39 is 6.03 Å². The van der Waals surface area contributed by atoms with Crippen LogP contribution >= 0.6 is 0 Å². The van der Waals surface area contributed by atoms with Crippen LogP contribution in [0.1, 0.15) is 37.4 Å². The van der Waals surface area contributed by atoms with Crippen LogP contribution in [0.3, 0.4) is 0 Å². The van der Waals surface area contributed by atoms with Gasteiger partial charge in [0.1, 0.15) is 0 Å². The molecule has 0 aliphatic heterocycles. The molecular formula is C14H25N5O. The lowest BCUT2D eigenvalue weighted by Gasteiger charge is -2.28. The molecule has 1 aromatic rings. The number of aromatic nitrogens is 2. The minimum absolute atomic E-state index is 0.201. The molecule has 1 aromatic heterocycles. The van der Waals surface area contributed by atoms with E-state index in [1.807, 2.05) is 27.9 Å². The molecule has 0 bridgehead atoms. The van der Waals surface area contributed by atoms with Crippen LogP contribution < -0.4 is 11.1 Å². The van der Waals surface area contributed by atoms with Crippen LogP contribution in [0.25, 0.3) is 0 Å². The molecule has 3 N–H and O–H groups in total. The summed E-state index contributed by atoms with van der Waals surface area (Å²) in [7, 11) is 4.06. The van der Waals surface area contributed by atoms with E-state index in [2.05, 4.69) is 34.0 Å². The summed E-state index contributed by atoms with van der Waals surface area (Å²) in [6, 6.07) is -0.618. The average Bonchev–Trinajstić information content (AvgIpc) is 2.30. The summed E-state index contributed by atoms with van der Waals surface area (Å²) in [5.74, 6) is 0.462. The van der Waals surface area contributed by atoms with Crippen molar-refractivity contribution in [3.05, 3.63) is 17.1 Å². The number of nitrogens with two attached hydrogens (primary N) is 1. The van der Waals surface area contributed by atoms with Gasteiger partial charge in [-0.25, -0.2) is 9.78 Å². The lowest BCUT2D eigenvalue weighted by molar-refractivity contribution is 0.259. The number of carbonyl (C=O) groups excluding carboxylic acids is 1. The number of hydrogen-bond acceptors (Lipinski definition) is 4. The van der Waals surface area contributed by atoms with Crippen LogP contribution in [0.4, 0.5) is 10.6 Å². The molecule has 6 nitrogen and oxygen atoms in total. The first-order chi connectivity index (χ1) is 9.13. The van der Waals surface area contributed by atoms with Crippen LogP contribution in [-0.4, -0.2) is 41.5 Å². The van der Waals surface area contributed by atoms with Gasteiger partial charge in [-0.05, 0) is 40.9 Å². The summed E-state index contributed by atoms with van der Waals surface area (Å²) < 4.78 is 0. The zero-order valence-corrected chi connectivity index (χ0v) is 13.2. The Hall–Kier alpha value is -1.69. The molecule has 0 saturated heterocycles. The zero-order valence-electron chi connectivity index (χ0n) is 13.2. The first-order valence-electron chi connectivity index (χ1n) is 6.70. The molecule has 1 rings (SSSR count). The number of anilines is 1. The quantitative estimate of drug-likeness (QED) is 0.861. The molecule has 0 aliphatic rings. The standard InChI is InChI=1S/C14H25N5O/c1-9-10(2)17-12(18-13(15)20)11(16-9)14(3,4)7-8-19(5)6/h7-8H2,1-6H3,(H3,15,17,18,20). The number of rotatable bonds is 5. The van der Waals surface area contributed by atoms with Gasteiger partial charge < -0.3 is 10.6 Å². The highest BCUT2D eigenvalue weighted by atomic mass is 16.2. The van der Waals surface area contributed by atoms with E-state index in [4.69, 9.17) is 5.73 Å². The van der Waals surface area contributed by atoms with Gasteiger partial charge in [0.25, 0.3) is 0 Å². The van der Waals surface area contributed by atoms with Crippen molar-refractivity contribution < 1.29 is 4.79 Å². The Balaban J connectivity index is 3.19. The number of carbonyl (C=O) groups is 1. The number of nitrogens with one attached hydrogen (secondary N) is 1. The molecule has 0 atom stereocenters. The smallest absolute Gasteiger partial charge is 0.317 e. The first kappa shape index (κ1) is 16.4. The van der Waals surface area contributed by atoms with Crippen LogP contribution in [0.5, 0.6) is 0 Å². The fraction of sp³-hybridized carbons (Fsp3) is 0.643.